The van der Waals surface area contributed by atoms with Gasteiger partial charge in [-0.1, -0.05) is 59.1 Å². The lowest BCUT2D eigenvalue weighted by Crippen LogP contribution is -1.85. The van der Waals surface area contributed by atoms with Gasteiger partial charge >= 0.3 is 0 Å². The zero-order valence-corrected chi connectivity index (χ0v) is 15.7. The van der Waals surface area contributed by atoms with E-state index >= 15 is 0 Å². The van der Waals surface area contributed by atoms with E-state index in [2.05, 4.69) is 99.9 Å². The molecule has 0 unspecified atom stereocenters. The van der Waals surface area contributed by atoms with E-state index in [9.17, 15) is 0 Å². The predicted octanol–water partition coefficient (Wildman–Crippen LogP) is 5.97. The molecule has 0 bridgehead atoms. The lowest BCUT2D eigenvalue weighted by molar-refractivity contribution is 1.38. The second kappa shape index (κ2) is 8.77. The Kier molecular flexibility index (Phi) is 6.45. The van der Waals surface area contributed by atoms with E-state index in [-0.39, 0.29) is 0 Å². The van der Waals surface area contributed by atoms with E-state index in [1.54, 1.807) is 0 Å². The topological polar surface area (TPSA) is 0 Å². The standard InChI is InChI=1S/C25H24/c1-19(2)6-7-20(3)10-16-25-17-15-24(18-22(25)5)14-13-23-11-8-21(4)9-12-23/h6-9,11-12,15,17-18H,1-5H3. The zero-order valence-electron chi connectivity index (χ0n) is 15.7. The van der Waals surface area contributed by atoms with Crippen LogP contribution in [0, 0.1) is 37.5 Å². The van der Waals surface area contributed by atoms with Crippen molar-refractivity contribution in [1.82, 2.24) is 0 Å². The molecule has 0 aliphatic rings. The Bertz CT molecular complexity index is 924. The van der Waals surface area contributed by atoms with Crippen LogP contribution in [0.3, 0.4) is 0 Å². The molecule has 124 valence electrons. The van der Waals surface area contributed by atoms with Crippen molar-refractivity contribution in [2.75, 3.05) is 0 Å². The first kappa shape index (κ1) is 18.4. The molecule has 0 heteroatoms. The SMILES string of the molecule is CC(C)=CC=C(C)C#Cc1ccc(C#Cc2ccc(C)cc2)cc1C. The molecule has 0 saturated heterocycles. The van der Waals surface area contributed by atoms with Crippen LogP contribution < -0.4 is 0 Å². The fourth-order valence-corrected chi connectivity index (χ4v) is 2.16. The summed E-state index contributed by atoms with van der Waals surface area (Å²) in [5.41, 5.74) is 7.83. The second-order valence-electron chi connectivity index (χ2n) is 6.49. The van der Waals surface area contributed by atoms with Gasteiger partial charge in [-0.25, -0.2) is 0 Å². The lowest BCUT2D eigenvalue weighted by Gasteiger charge is -1.99. The minimum atomic E-state index is 1.01. The maximum Gasteiger partial charge on any atom is 0.0278 e. The number of hydrogen-bond donors (Lipinski definition) is 0. The van der Waals surface area contributed by atoms with Crippen molar-refractivity contribution < 1.29 is 0 Å². The molecule has 0 N–H and O–H groups in total. The first-order chi connectivity index (χ1) is 11.9. The molecular formula is C25H24. The second-order valence-corrected chi connectivity index (χ2v) is 6.49. The summed E-state index contributed by atoms with van der Waals surface area (Å²) < 4.78 is 0. The maximum atomic E-state index is 3.25. The number of benzene rings is 2. The molecule has 0 heterocycles. The van der Waals surface area contributed by atoms with Crippen molar-refractivity contribution in [1.29, 1.82) is 0 Å². The summed E-state index contributed by atoms with van der Waals surface area (Å²) in [5.74, 6) is 12.9. The van der Waals surface area contributed by atoms with E-state index in [0.29, 0.717) is 0 Å². The molecule has 0 saturated carbocycles. The van der Waals surface area contributed by atoms with Crippen molar-refractivity contribution in [2.45, 2.75) is 34.6 Å². The van der Waals surface area contributed by atoms with Gasteiger partial charge in [0.2, 0.25) is 0 Å². The monoisotopic (exact) mass is 324 g/mol. The quantitative estimate of drug-likeness (QED) is 0.448. The number of allylic oxidation sites excluding steroid dienone is 4. The van der Waals surface area contributed by atoms with Crippen LogP contribution in [0.25, 0.3) is 0 Å². The largest absolute Gasteiger partial charge is 0.0764 e. The summed E-state index contributed by atoms with van der Waals surface area (Å²) in [6, 6.07) is 14.5. The maximum absolute atomic E-state index is 3.25. The van der Waals surface area contributed by atoms with Crippen molar-refractivity contribution in [3.05, 3.63) is 93.6 Å². The first-order valence-electron chi connectivity index (χ1n) is 8.47. The molecule has 2 aromatic carbocycles. The number of aryl methyl sites for hydroxylation is 2. The molecule has 2 rings (SSSR count). The molecule has 0 aromatic heterocycles. The van der Waals surface area contributed by atoms with Crippen molar-refractivity contribution in [3.8, 4) is 23.7 Å². The Morgan fingerprint density at radius 3 is 2.04 bits per heavy atom. The third-order valence-corrected chi connectivity index (χ3v) is 3.69. The van der Waals surface area contributed by atoms with Gasteiger partial charge in [0.1, 0.15) is 0 Å². The van der Waals surface area contributed by atoms with E-state index in [0.717, 1.165) is 27.8 Å². The lowest BCUT2D eigenvalue weighted by atomic mass is 10.0. The van der Waals surface area contributed by atoms with Crippen LogP contribution in [0.15, 0.2) is 65.8 Å². The van der Waals surface area contributed by atoms with Crippen LogP contribution in [0.1, 0.15) is 48.6 Å². The van der Waals surface area contributed by atoms with Gasteiger partial charge in [0, 0.05) is 16.7 Å². The van der Waals surface area contributed by atoms with E-state index in [1.165, 1.54) is 11.1 Å². The molecular weight excluding hydrogens is 300 g/mol. The van der Waals surface area contributed by atoms with Gasteiger partial charge in [0.15, 0.2) is 0 Å². The molecule has 0 amide bonds. The van der Waals surface area contributed by atoms with Crippen molar-refractivity contribution in [3.63, 3.8) is 0 Å². The van der Waals surface area contributed by atoms with Gasteiger partial charge in [-0.05, 0) is 76.1 Å². The third-order valence-electron chi connectivity index (χ3n) is 3.69. The van der Waals surface area contributed by atoms with Crippen LogP contribution in [0.4, 0.5) is 0 Å². The minimum absolute atomic E-state index is 1.01. The molecule has 0 spiro atoms. The van der Waals surface area contributed by atoms with E-state index < -0.39 is 0 Å². The van der Waals surface area contributed by atoms with Gasteiger partial charge in [0.05, 0.1) is 0 Å². The summed E-state index contributed by atoms with van der Waals surface area (Å²) in [7, 11) is 0. The predicted molar refractivity (Wildman–Crippen MR) is 108 cm³/mol. The van der Waals surface area contributed by atoms with Crippen LogP contribution in [0.2, 0.25) is 0 Å². The molecule has 0 aliphatic heterocycles. The number of hydrogen-bond acceptors (Lipinski definition) is 0. The summed E-state index contributed by atoms with van der Waals surface area (Å²) in [4.78, 5) is 0. The van der Waals surface area contributed by atoms with Gasteiger partial charge in [-0.15, -0.1) is 0 Å². The van der Waals surface area contributed by atoms with Gasteiger partial charge in [0.25, 0.3) is 0 Å². The summed E-state index contributed by atoms with van der Waals surface area (Å²) in [6.07, 6.45) is 4.14. The highest BCUT2D eigenvalue weighted by Gasteiger charge is 1.96. The Balaban J connectivity index is 2.18. The highest BCUT2D eigenvalue weighted by atomic mass is 14.0. The van der Waals surface area contributed by atoms with Crippen LogP contribution in [0.5, 0.6) is 0 Å². The summed E-state index contributed by atoms with van der Waals surface area (Å²) in [5, 5.41) is 0. The first-order valence-corrected chi connectivity index (χ1v) is 8.47. The summed E-state index contributed by atoms with van der Waals surface area (Å²) >= 11 is 0. The van der Waals surface area contributed by atoms with Crippen molar-refractivity contribution in [2.24, 2.45) is 0 Å². The molecule has 0 fully saturated rings. The average Bonchev–Trinajstić information content (AvgIpc) is 2.58. The van der Waals surface area contributed by atoms with Crippen molar-refractivity contribution >= 4 is 0 Å². The molecule has 0 radical (unpaired) electrons. The Morgan fingerprint density at radius 2 is 1.40 bits per heavy atom. The normalized spacial score (nSPS) is 10.2. The molecule has 2 aromatic rings. The van der Waals surface area contributed by atoms with Crippen LogP contribution in [-0.2, 0) is 0 Å². The van der Waals surface area contributed by atoms with Crippen LogP contribution >= 0.6 is 0 Å². The van der Waals surface area contributed by atoms with Gasteiger partial charge in [-0.2, -0.15) is 0 Å². The fourth-order valence-electron chi connectivity index (χ4n) is 2.16. The van der Waals surface area contributed by atoms with Gasteiger partial charge in [-0.3, -0.25) is 0 Å². The zero-order chi connectivity index (χ0) is 18.2. The Morgan fingerprint density at radius 1 is 0.760 bits per heavy atom. The Hall–Kier alpha value is -2.96. The smallest absolute Gasteiger partial charge is 0.0278 e. The minimum Gasteiger partial charge on any atom is -0.0764 e. The molecule has 0 aliphatic carbocycles. The highest BCUT2D eigenvalue weighted by molar-refractivity contribution is 5.51. The van der Waals surface area contributed by atoms with E-state index in [4.69, 9.17) is 0 Å². The molecule has 0 atom stereocenters. The van der Waals surface area contributed by atoms with E-state index in [1.807, 2.05) is 13.0 Å². The number of rotatable bonds is 1. The molecule has 0 nitrogen and oxygen atoms in total. The van der Waals surface area contributed by atoms with Crippen LogP contribution in [-0.4, -0.2) is 0 Å². The third kappa shape index (κ3) is 6.21. The highest BCUT2D eigenvalue weighted by Crippen LogP contribution is 2.10. The molecule has 25 heavy (non-hydrogen) atoms. The fraction of sp³-hybridized carbons (Fsp3) is 0.200. The summed E-state index contributed by atoms with van der Waals surface area (Å²) in [6.45, 7) is 10.4. The average molecular weight is 324 g/mol. The van der Waals surface area contributed by atoms with Gasteiger partial charge < -0.3 is 0 Å². The Labute approximate surface area is 152 Å².